The molecule has 0 spiro atoms. The van der Waals surface area contributed by atoms with Crippen LogP contribution in [0.2, 0.25) is 0 Å². The molecular weight excluding hydrogens is 290 g/mol. The van der Waals surface area contributed by atoms with E-state index in [1.807, 2.05) is 18.2 Å². The second-order valence-electron chi connectivity index (χ2n) is 5.07. The topological polar surface area (TPSA) is 83.5 Å². The van der Waals surface area contributed by atoms with Crippen molar-refractivity contribution in [2.75, 3.05) is 0 Å². The molecule has 0 fully saturated rings. The van der Waals surface area contributed by atoms with Gasteiger partial charge in [0.25, 0.3) is 0 Å². The summed E-state index contributed by atoms with van der Waals surface area (Å²) in [6, 6.07) is 12.0. The number of aliphatic carboxylic acids is 1. The van der Waals surface area contributed by atoms with Crippen LogP contribution < -0.4 is 4.72 Å². The maximum atomic E-state index is 12.6. The molecule has 0 radical (unpaired) electrons. The summed E-state index contributed by atoms with van der Waals surface area (Å²) in [5.74, 6) is -1.20. The van der Waals surface area contributed by atoms with Gasteiger partial charge in [-0.25, -0.2) is 8.42 Å². The molecule has 0 heterocycles. The third-order valence-electron chi connectivity index (χ3n) is 3.58. The SMILES string of the molecule is CCC(C)(NS(=O)(=O)c1cccc2ccccc12)C(=O)O. The number of fused-ring (bicyclic) bond motifs is 1. The first-order valence-electron chi connectivity index (χ1n) is 6.55. The van der Waals surface area contributed by atoms with Crippen molar-refractivity contribution in [1.29, 1.82) is 0 Å². The first-order valence-corrected chi connectivity index (χ1v) is 8.03. The fraction of sp³-hybridized carbons (Fsp3) is 0.267. The molecule has 2 aromatic carbocycles. The minimum absolute atomic E-state index is 0.0847. The van der Waals surface area contributed by atoms with Crippen molar-refractivity contribution in [1.82, 2.24) is 4.72 Å². The van der Waals surface area contributed by atoms with Crippen LogP contribution in [0.3, 0.4) is 0 Å². The second-order valence-corrected chi connectivity index (χ2v) is 6.72. The van der Waals surface area contributed by atoms with Gasteiger partial charge in [-0.05, 0) is 24.8 Å². The van der Waals surface area contributed by atoms with Crippen molar-refractivity contribution in [2.45, 2.75) is 30.7 Å². The molecule has 21 heavy (non-hydrogen) atoms. The normalized spacial score (nSPS) is 14.8. The molecule has 0 bridgehead atoms. The van der Waals surface area contributed by atoms with Crippen LogP contribution in [0.15, 0.2) is 47.4 Å². The number of carboxylic acids is 1. The fourth-order valence-electron chi connectivity index (χ4n) is 2.05. The lowest BCUT2D eigenvalue weighted by molar-refractivity contribution is -0.143. The highest BCUT2D eigenvalue weighted by Gasteiger charge is 2.36. The summed E-state index contributed by atoms with van der Waals surface area (Å²) >= 11 is 0. The van der Waals surface area contributed by atoms with Crippen molar-refractivity contribution >= 4 is 26.8 Å². The van der Waals surface area contributed by atoms with Gasteiger partial charge >= 0.3 is 5.97 Å². The number of hydrogen-bond acceptors (Lipinski definition) is 3. The molecular formula is C15H17NO4S. The molecule has 2 aromatic rings. The number of rotatable bonds is 5. The number of nitrogens with one attached hydrogen (secondary N) is 1. The minimum Gasteiger partial charge on any atom is -0.480 e. The van der Waals surface area contributed by atoms with Gasteiger partial charge in [0.1, 0.15) is 5.54 Å². The Bertz CT molecular complexity index is 780. The number of benzene rings is 2. The Balaban J connectivity index is 2.55. The van der Waals surface area contributed by atoms with Crippen LogP contribution in [-0.2, 0) is 14.8 Å². The quantitative estimate of drug-likeness (QED) is 0.888. The van der Waals surface area contributed by atoms with Gasteiger partial charge < -0.3 is 5.11 Å². The monoisotopic (exact) mass is 307 g/mol. The zero-order valence-electron chi connectivity index (χ0n) is 11.8. The van der Waals surface area contributed by atoms with Gasteiger partial charge in [0.2, 0.25) is 10.0 Å². The lowest BCUT2D eigenvalue weighted by Gasteiger charge is -2.24. The summed E-state index contributed by atoms with van der Waals surface area (Å²) in [7, 11) is -3.93. The van der Waals surface area contributed by atoms with Gasteiger partial charge in [0, 0.05) is 5.39 Å². The summed E-state index contributed by atoms with van der Waals surface area (Å²) in [4.78, 5) is 11.4. The fourth-order valence-corrected chi connectivity index (χ4v) is 3.72. The molecule has 0 aromatic heterocycles. The zero-order valence-corrected chi connectivity index (χ0v) is 12.6. The molecule has 112 valence electrons. The Labute approximate surface area is 123 Å². The Kier molecular flexibility index (Phi) is 4.02. The van der Waals surface area contributed by atoms with E-state index < -0.39 is 21.5 Å². The van der Waals surface area contributed by atoms with Gasteiger partial charge in [-0.15, -0.1) is 0 Å². The molecule has 1 unspecified atom stereocenters. The van der Waals surface area contributed by atoms with Crippen LogP contribution >= 0.6 is 0 Å². The van der Waals surface area contributed by atoms with E-state index in [0.717, 1.165) is 5.39 Å². The number of sulfonamides is 1. The molecule has 0 aliphatic carbocycles. The lowest BCUT2D eigenvalue weighted by atomic mass is 10.0. The molecule has 1 atom stereocenters. The largest absolute Gasteiger partial charge is 0.480 e. The van der Waals surface area contributed by atoms with Crippen LogP contribution in [0, 0.1) is 0 Å². The van der Waals surface area contributed by atoms with E-state index in [9.17, 15) is 18.3 Å². The van der Waals surface area contributed by atoms with E-state index in [1.54, 1.807) is 25.1 Å². The maximum absolute atomic E-state index is 12.6. The standard InChI is InChI=1S/C15H17NO4S/c1-3-15(2,14(17)18)16-21(19,20)13-10-6-8-11-7-4-5-9-12(11)13/h4-10,16H,3H2,1-2H3,(H,17,18). The van der Waals surface area contributed by atoms with Crippen molar-refractivity contribution < 1.29 is 18.3 Å². The first kappa shape index (κ1) is 15.5. The van der Waals surface area contributed by atoms with Gasteiger partial charge in [0.05, 0.1) is 4.90 Å². The molecule has 0 saturated heterocycles. The highest BCUT2D eigenvalue weighted by Crippen LogP contribution is 2.24. The third kappa shape index (κ3) is 2.91. The molecule has 5 nitrogen and oxygen atoms in total. The number of carbonyl (C=O) groups is 1. The van der Waals surface area contributed by atoms with Crippen molar-refractivity contribution in [2.24, 2.45) is 0 Å². The number of carboxylic acid groups (broad SMARTS) is 1. The van der Waals surface area contributed by atoms with E-state index in [-0.39, 0.29) is 11.3 Å². The maximum Gasteiger partial charge on any atom is 0.324 e. The predicted molar refractivity (Wildman–Crippen MR) is 80.6 cm³/mol. The second kappa shape index (κ2) is 5.46. The van der Waals surface area contributed by atoms with Gasteiger partial charge in [-0.3, -0.25) is 4.79 Å². The molecule has 0 aliphatic rings. The molecule has 0 aliphatic heterocycles. The molecule has 6 heteroatoms. The molecule has 0 saturated carbocycles. The summed E-state index contributed by atoms with van der Waals surface area (Å²) in [5, 5.41) is 10.6. The van der Waals surface area contributed by atoms with Crippen LogP contribution in [0.5, 0.6) is 0 Å². The van der Waals surface area contributed by atoms with Crippen molar-refractivity contribution in [3.05, 3.63) is 42.5 Å². The van der Waals surface area contributed by atoms with E-state index in [1.165, 1.54) is 13.0 Å². The van der Waals surface area contributed by atoms with E-state index in [4.69, 9.17) is 0 Å². The van der Waals surface area contributed by atoms with Crippen molar-refractivity contribution in [3.8, 4) is 0 Å². The third-order valence-corrected chi connectivity index (χ3v) is 5.23. The van der Waals surface area contributed by atoms with E-state index in [0.29, 0.717) is 5.39 Å². The Morgan fingerprint density at radius 1 is 1.19 bits per heavy atom. The molecule has 2 N–H and O–H groups in total. The van der Waals surface area contributed by atoms with Crippen LogP contribution in [0.4, 0.5) is 0 Å². The highest BCUT2D eigenvalue weighted by atomic mass is 32.2. The first-order chi connectivity index (χ1) is 9.80. The zero-order chi connectivity index (χ0) is 15.7. The average molecular weight is 307 g/mol. The summed E-state index contributed by atoms with van der Waals surface area (Å²) in [6.45, 7) is 2.98. The minimum atomic E-state index is -3.93. The highest BCUT2D eigenvalue weighted by molar-refractivity contribution is 7.89. The van der Waals surface area contributed by atoms with Gasteiger partial charge in [0.15, 0.2) is 0 Å². The predicted octanol–water partition coefficient (Wildman–Crippen LogP) is 2.37. The molecule has 0 amide bonds. The summed E-state index contributed by atoms with van der Waals surface area (Å²) in [6.07, 6.45) is 0.145. The lowest BCUT2D eigenvalue weighted by Crippen LogP contribution is -2.51. The van der Waals surface area contributed by atoms with Gasteiger partial charge in [-0.1, -0.05) is 43.3 Å². The Morgan fingerprint density at radius 3 is 2.43 bits per heavy atom. The van der Waals surface area contributed by atoms with Crippen LogP contribution in [0.1, 0.15) is 20.3 Å². The smallest absolute Gasteiger partial charge is 0.324 e. The summed E-state index contributed by atoms with van der Waals surface area (Å²) in [5.41, 5.74) is -1.53. The summed E-state index contributed by atoms with van der Waals surface area (Å²) < 4.78 is 27.4. The molecule has 2 rings (SSSR count). The van der Waals surface area contributed by atoms with Crippen molar-refractivity contribution in [3.63, 3.8) is 0 Å². The van der Waals surface area contributed by atoms with Crippen LogP contribution in [-0.4, -0.2) is 25.0 Å². The van der Waals surface area contributed by atoms with Crippen LogP contribution in [0.25, 0.3) is 10.8 Å². The van der Waals surface area contributed by atoms with E-state index >= 15 is 0 Å². The Morgan fingerprint density at radius 2 is 1.81 bits per heavy atom. The van der Waals surface area contributed by atoms with E-state index in [2.05, 4.69) is 4.72 Å². The average Bonchev–Trinajstić information content (AvgIpc) is 2.45. The number of hydrogen-bond donors (Lipinski definition) is 2. The van der Waals surface area contributed by atoms with Gasteiger partial charge in [-0.2, -0.15) is 4.72 Å². The Hall–Kier alpha value is -1.92.